The van der Waals surface area contributed by atoms with Crippen LogP contribution in [0.5, 0.6) is 0 Å². The van der Waals surface area contributed by atoms with Crippen LogP contribution in [0, 0.1) is 0 Å². The average Bonchev–Trinajstić information content (AvgIpc) is 2.17. The predicted molar refractivity (Wildman–Crippen MR) is 59.8 cm³/mol. The fourth-order valence-electron chi connectivity index (χ4n) is 1.68. The second kappa shape index (κ2) is 5.51. The van der Waals surface area contributed by atoms with E-state index >= 15 is 0 Å². The topological polar surface area (TPSA) is 63.3 Å². The van der Waals surface area contributed by atoms with Crippen molar-refractivity contribution in [1.82, 2.24) is 0 Å². The minimum atomic E-state index is -0.837. The zero-order chi connectivity index (χ0) is 11.3. The van der Waals surface area contributed by atoms with Crippen LogP contribution in [0.2, 0.25) is 0 Å². The number of hydrogen-bond acceptors (Lipinski definition) is 2. The lowest BCUT2D eigenvalue weighted by Gasteiger charge is -2.12. The second-order valence-electron chi connectivity index (χ2n) is 3.68. The van der Waals surface area contributed by atoms with Crippen LogP contribution in [0.1, 0.15) is 24.5 Å². The fourth-order valence-corrected chi connectivity index (χ4v) is 1.68. The number of benzene rings is 1. The van der Waals surface area contributed by atoms with Crippen LogP contribution in [0.3, 0.4) is 0 Å². The van der Waals surface area contributed by atoms with E-state index in [1.165, 1.54) is 5.56 Å². The van der Waals surface area contributed by atoms with Gasteiger partial charge in [0.1, 0.15) is 0 Å². The fraction of sp³-hybridized carbons (Fsp3) is 0.417. The lowest BCUT2D eigenvalue weighted by molar-refractivity contribution is -0.137. The summed E-state index contributed by atoms with van der Waals surface area (Å²) in [5.74, 6) is -0.837. The van der Waals surface area contributed by atoms with Gasteiger partial charge in [-0.05, 0) is 24.0 Å². The zero-order valence-corrected chi connectivity index (χ0v) is 8.94. The number of carboxylic acids is 1. The van der Waals surface area contributed by atoms with Crippen LogP contribution in [-0.2, 0) is 17.6 Å². The van der Waals surface area contributed by atoms with Crippen LogP contribution in [-0.4, -0.2) is 17.1 Å². The Labute approximate surface area is 89.9 Å². The molecule has 0 saturated carbocycles. The Balaban J connectivity index is 2.67. The van der Waals surface area contributed by atoms with Crippen molar-refractivity contribution >= 4 is 5.97 Å². The first-order chi connectivity index (χ1) is 7.13. The highest BCUT2D eigenvalue weighted by Gasteiger charge is 2.10. The van der Waals surface area contributed by atoms with Gasteiger partial charge in [0, 0.05) is 6.04 Å². The van der Waals surface area contributed by atoms with E-state index in [-0.39, 0.29) is 12.5 Å². The molecule has 0 aliphatic rings. The molecule has 0 spiro atoms. The van der Waals surface area contributed by atoms with Gasteiger partial charge in [-0.15, -0.1) is 0 Å². The summed E-state index contributed by atoms with van der Waals surface area (Å²) in [6.07, 6.45) is 1.62. The number of nitrogens with two attached hydrogens (primary N) is 1. The summed E-state index contributed by atoms with van der Waals surface area (Å²) in [6.45, 7) is 2.08. The molecule has 0 aromatic heterocycles. The molecule has 0 amide bonds. The molecule has 0 aliphatic carbocycles. The van der Waals surface area contributed by atoms with E-state index < -0.39 is 5.97 Å². The Morgan fingerprint density at radius 1 is 1.40 bits per heavy atom. The summed E-state index contributed by atoms with van der Waals surface area (Å²) >= 11 is 0. The molecule has 15 heavy (non-hydrogen) atoms. The summed E-state index contributed by atoms with van der Waals surface area (Å²) in [6, 6.07) is 7.73. The standard InChI is InChI=1S/C12H17NO2/c1-2-9-5-3-4-6-10(9)7-11(13)8-12(14)15/h3-6,11H,2,7-8,13H2,1H3,(H,14,15)/t11-/m0/s1. The van der Waals surface area contributed by atoms with Crippen molar-refractivity contribution in [2.24, 2.45) is 5.73 Å². The smallest absolute Gasteiger partial charge is 0.304 e. The molecule has 1 aromatic rings. The van der Waals surface area contributed by atoms with E-state index in [4.69, 9.17) is 10.8 Å². The van der Waals surface area contributed by atoms with Crippen molar-refractivity contribution in [2.75, 3.05) is 0 Å². The number of aliphatic carboxylic acids is 1. The molecular weight excluding hydrogens is 190 g/mol. The molecule has 3 N–H and O–H groups in total. The molecule has 82 valence electrons. The van der Waals surface area contributed by atoms with Crippen molar-refractivity contribution in [3.8, 4) is 0 Å². The Morgan fingerprint density at radius 3 is 2.53 bits per heavy atom. The van der Waals surface area contributed by atoms with Crippen LogP contribution in [0.15, 0.2) is 24.3 Å². The molecule has 3 heteroatoms. The van der Waals surface area contributed by atoms with Crippen molar-refractivity contribution in [1.29, 1.82) is 0 Å². The van der Waals surface area contributed by atoms with Gasteiger partial charge in [-0.25, -0.2) is 0 Å². The van der Waals surface area contributed by atoms with Crippen LogP contribution >= 0.6 is 0 Å². The minimum absolute atomic E-state index is 0.0258. The van der Waals surface area contributed by atoms with Crippen LogP contribution in [0.4, 0.5) is 0 Å². The Bertz CT molecular complexity index is 336. The SMILES string of the molecule is CCc1ccccc1C[C@H](N)CC(=O)O. The minimum Gasteiger partial charge on any atom is -0.481 e. The first kappa shape index (κ1) is 11.7. The van der Waals surface area contributed by atoms with E-state index in [1.54, 1.807) is 0 Å². The molecule has 0 fully saturated rings. The van der Waals surface area contributed by atoms with E-state index in [0.29, 0.717) is 6.42 Å². The Kier molecular flexibility index (Phi) is 4.31. The van der Waals surface area contributed by atoms with E-state index in [0.717, 1.165) is 12.0 Å². The third-order valence-corrected chi connectivity index (χ3v) is 2.42. The monoisotopic (exact) mass is 207 g/mol. The average molecular weight is 207 g/mol. The molecule has 0 aliphatic heterocycles. The number of hydrogen-bond donors (Lipinski definition) is 2. The molecule has 0 unspecified atom stereocenters. The third kappa shape index (κ3) is 3.72. The molecule has 0 heterocycles. The van der Waals surface area contributed by atoms with Crippen molar-refractivity contribution < 1.29 is 9.90 Å². The Morgan fingerprint density at radius 2 is 2.00 bits per heavy atom. The molecule has 0 bridgehead atoms. The second-order valence-corrected chi connectivity index (χ2v) is 3.68. The van der Waals surface area contributed by atoms with Crippen LogP contribution in [0.25, 0.3) is 0 Å². The summed E-state index contributed by atoms with van der Waals surface area (Å²) in [4.78, 5) is 10.5. The van der Waals surface area contributed by atoms with Gasteiger partial charge in [-0.3, -0.25) is 4.79 Å². The van der Waals surface area contributed by atoms with Crippen molar-refractivity contribution in [3.05, 3.63) is 35.4 Å². The first-order valence-electron chi connectivity index (χ1n) is 5.17. The molecule has 1 rings (SSSR count). The van der Waals surface area contributed by atoms with E-state index in [2.05, 4.69) is 13.0 Å². The van der Waals surface area contributed by atoms with Crippen LogP contribution < -0.4 is 5.73 Å². The van der Waals surface area contributed by atoms with Gasteiger partial charge in [0.2, 0.25) is 0 Å². The van der Waals surface area contributed by atoms with Crippen molar-refractivity contribution in [3.63, 3.8) is 0 Å². The molecule has 0 saturated heterocycles. The number of carbonyl (C=O) groups is 1. The third-order valence-electron chi connectivity index (χ3n) is 2.42. The summed E-state index contributed by atoms with van der Waals surface area (Å²) in [5.41, 5.74) is 8.16. The summed E-state index contributed by atoms with van der Waals surface area (Å²) < 4.78 is 0. The van der Waals surface area contributed by atoms with E-state index in [1.807, 2.05) is 18.2 Å². The van der Waals surface area contributed by atoms with Gasteiger partial charge >= 0.3 is 5.97 Å². The Hall–Kier alpha value is -1.35. The highest BCUT2D eigenvalue weighted by Crippen LogP contribution is 2.12. The number of aryl methyl sites for hydroxylation is 1. The highest BCUT2D eigenvalue weighted by molar-refractivity contribution is 5.67. The zero-order valence-electron chi connectivity index (χ0n) is 8.94. The van der Waals surface area contributed by atoms with Gasteiger partial charge in [0.15, 0.2) is 0 Å². The maximum Gasteiger partial charge on any atom is 0.304 e. The number of rotatable bonds is 5. The maximum absolute atomic E-state index is 10.5. The molecule has 1 atom stereocenters. The lowest BCUT2D eigenvalue weighted by atomic mass is 9.98. The molecular formula is C12H17NO2. The van der Waals surface area contributed by atoms with Gasteiger partial charge < -0.3 is 10.8 Å². The number of carboxylic acid groups (broad SMARTS) is 1. The first-order valence-corrected chi connectivity index (χ1v) is 5.17. The highest BCUT2D eigenvalue weighted by atomic mass is 16.4. The lowest BCUT2D eigenvalue weighted by Crippen LogP contribution is -2.26. The maximum atomic E-state index is 10.5. The van der Waals surface area contributed by atoms with Crippen molar-refractivity contribution in [2.45, 2.75) is 32.2 Å². The summed E-state index contributed by atoms with van der Waals surface area (Å²) in [5, 5.41) is 8.61. The normalized spacial score (nSPS) is 12.4. The predicted octanol–water partition coefficient (Wildman–Crippen LogP) is 1.59. The van der Waals surface area contributed by atoms with Gasteiger partial charge in [-0.1, -0.05) is 31.2 Å². The largest absolute Gasteiger partial charge is 0.481 e. The van der Waals surface area contributed by atoms with Gasteiger partial charge in [0.25, 0.3) is 0 Å². The van der Waals surface area contributed by atoms with E-state index in [9.17, 15) is 4.79 Å². The molecule has 3 nitrogen and oxygen atoms in total. The summed E-state index contributed by atoms with van der Waals surface area (Å²) in [7, 11) is 0. The quantitative estimate of drug-likeness (QED) is 0.770. The van der Waals surface area contributed by atoms with Gasteiger partial charge in [0.05, 0.1) is 6.42 Å². The molecule has 1 aromatic carbocycles. The van der Waals surface area contributed by atoms with Gasteiger partial charge in [-0.2, -0.15) is 0 Å². The molecule has 0 radical (unpaired) electrons.